The van der Waals surface area contributed by atoms with Crippen molar-refractivity contribution in [3.8, 4) is 17.0 Å². The predicted molar refractivity (Wildman–Crippen MR) is 136 cm³/mol. The molecular formula is C24H23ClF2N6O3S. The largest absolute Gasteiger partial charge is 0.504 e. The molecule has 1 atom stereocenters. The van der Waals surface area contributed by atoms with Gasteiger partial charge < -0.3 is 10.0 Å². The molecule has 2 aromatic heterocycles. The molecule has 0 radical (unpaired) electrons. The first kappa shape index (κ1) is 25.3. The molecule has 5 rings (SSSR count). The molecule has 1 saturated heterocycles. The van der Waals surface area contributed by atoms with Gasteiger partial charge in [-0.25, -0.2) is 26.9 Å². The van der Waals surface area contributed by atoms with Crippen LogP contribution < -0.4 is 4.90 Å². The molecule has 2 aromatic carbocycles. The molecule has 0 bridgehead atoms. The van der Waals surface area contributed by atoms with Gasteiger partial charge in [0.05, 0.1) is 11.6 Å². The summed E-state index contributed by atoms with van der Waals surface area (Å²) >= 11 is 5.62. The van der Waals surface area contributed by atoms with E-state index in [1.165, 1.54) is 21.4 Å². The van der Waals surface area contributed by atoms with Crippen molar-refractivity contribution in [2.45, 2.75) is 12.5 Å². The highest BCUT2D eigenvalue weighted by atomic mass is 35.5. The van der Waals surface area contributed by atoms with Gasteiger partial charge in [0, 0.05) is 44.5 Å². The average Bonchev–Trinajstić information content (AvgIpc) is 3.20. The molecule has 13 heteroatoms. The first-order valence-electron chi connectivity index (χ1n) is 11.4. The maximum atomic E-state index is 14.8. The second-order valence-corrected chi connectivity index (χ2v) is 11.3. The Kier molecular flexibility index (Phi) is 6.50. The van der Waals surface area contributed by atoms with Crippen LogP contribution in [0.25, 0.3) is 22.3 Å². The van der Waals surface area contributed by atoms with Gasteiger partial charge in [-0.2, -0.15) is 14.4 Å². The number of hydrogen-bond acceptors (Lipinski definition) is 7. The Morgan fingerprint density at radius 1 is 1.19 bits per heavy atom. The van der Waals surface area contributed by atoms with Crippen LogP contribution in [-0.4, -0.2) is 69.5 Å². The number of anilines is 1. The molecule has 37 heavy (non-hydrogen) atoms. The zero-order chi connectivity index (χ0) is 26.5. The minimum Gasteiger partial charge on any atom is -0.504 e. The third-order valence-electron chi connectivity index (χ3n) is 6.44. The molecule has 0 aliphatic carbocycles. The molecule has 1 N–H and O–H groups in total. The Bertz CT molecular complexity index is 1600. The lowest BCUT2D eigenvalue weighted by molar-refractivity contribution is 0.330. The Morgan fingerprint density at radius 2 is 1.92 bits per heavy atom. The fourth-order valence-corrected chi connectivity index (χ4v) is 5.57. The Balaban J connectivity index is 1.55. The fourth-order valence-electron chi connectivity index (χ4n) is 4.58. The molecule has 1 aliphatic rings. The topological polar surface area (TPSA) is 104 Å². The molecule has 0 saturated carbocycles. The number of benzene rings is 2. The standard InChI is InChI=1S/C24H23ClF2N6O3S/c1-31-23-17(21(30-31)16-11-18(26)19(25)22(34)20(16)27)12-28-24(29-23)33-9-8-32(37(2,35)36)13-15(33)10-14-6-4-3-5-7-14/h3-7,11-12,15,34H,8-10,13H2,1-2H3/t15-/m1/s1. The van der Waals surface area contributed by atoms with E-state index in [4.69, 9.17) is 11.6 Å². The van der Waals surface area contributed by atoms with Crippen LogP contribution in [0.15, 0.2) is 42.6 Å². The maximum Gasteiger partial charge on any atom is 0.227 e. The highest BCUT2D eigenvalue weighted by Crippen LogP contribution is 2.38. The predicted octanol–water partition coefficient (Wildman–Crippen LogP) is 3.36. The van der Waals surface area contributed by atoms with Crippen LogP contribution in [0, 0.1) is 11.6 Å². The van der Waals surface area contributed by atoms with E-state index in [0.717, 1.165) is 11.6 Å². The number of nitrogens with zero attached hydrogens (tertiary/aromatic N) is 6. The summed E-state index contributed by atoms with van der Waals surface area (Å²) in [6.45, 7) is 0.905. The van der Waals surface area contributed by atoms with Gasteiger partial charge >= 0.3 is 0 Å². The summed E-state index contributed by atoms with van der Waals surface area (Å²) < 4.78 is 56.3. The number of aryl methyl sites for hydroxylation is 1. The van der Waals surface area contributed by atoms with E-state index < -0.39 is 32.4 Å². The summed E-state index contributed by atoms with van der Waals surface area (Å²) in [4.78, 5) is 11.1. The lowest BCUT2D eigenvalue weighted by Crippen LogP contribution is -2.56. The van der Waals surface area contributed by atoms with Crippen LogP contribution in [0.3, 0.4) is 0 Å². The Hall–Kier alpha value is -3.35. The van der Waals surface area contributed by atoms with Crippen molar-refractivity contribution in [1.82, 2.24) is 24.1 Å². The second-order valence-electron chi connectivity index (χ2n) is 8.92. The van der Waals surface area contributed by atoms with Gasteiger partial charge in [0.2, 0.25) is 16.0 Å². The van der Waals surface area contributed by atoms with Gasteiger partial charge in [0.25, 0.3) is 0 Å². The summed E-state index contributed by atoms with van der Waals surface area (Å²) in [7, 11) is -1.78. The number of rotatable bonds is 5. The molecule has 0 amide bonds. The highest BCUT2D eigenvalue weighted by Gasteiger charge is 2.33. The molecule has 0 spiro atoms. The molecule has 0 unspecified atom stereocenters. The number of fused-ring (bicyclic) bond motifs is 1. The van der Waals surface area contributed by atoms with Gasteiger partial charge in [-0.15, -0.1) is 0 Å². The molecule has 9 nitrogen and oxygen atoms in total. The Labute approximate surface area is 217 Å². The van der Waals surface area contributed by atoms with E-state index in [1.807, 2.05) is 35.2 Å². The SMILES string of the molecule is Cn1nc(-c2cc(F)c(Cl)c(O)c2F)c2cnc(N3CCN(S(C)(=O)=O)C[C@H]3Cc3ccccc3)nc21. The van der Waals surface area contributed by atoms with Crippen molar-refractivity contribution in [2.24, 2.45) is 7.05 Å². The van der Waals surface area contributed by atoms with Crippen molar-refractivity contribution in [2.75, 3.05) is 30.8 Å². The number of phenols is 1. The molecule has 1 aliphatic heterocycles. The van der Waals surface area contributed by atoms with Gasteiger partial charge in [-0.3, -0.25) is 0 Å². The number of sulfonamides is 1. The second kappa shape index (κ2) is 9.51. The smallest absolute Gasteiger partial charge is 0.227 e. The number of aromatic nitrogens is 4. The van der Waals surface area contributed by atoms with Crippen molar-refractivity contribution < 1.29 is 22.3 Å². The summed E-state index contributed by atoms with van der Waals surface area (Å²) in [5.74, 6) is -2.73. The number of aromatic hydroxyl groups is 1. The zero-order valence-electron chi connectivity index (χ0n) is 19.9. The summed E-state index contributed by atoms with van der Waals surface area (Å²) in [5.41, 5.74) is 1.18. The van der Waals surface area contributed by atoms with E-state index in [0.29, 0.717) is 29.9 Å². The van der Waals surface area contributed by atoms with Crippen LogP contribution in [0.4, 0.5) is 14.7 Å². The molecule has 4 aromatic rings. The third kappa shape index (κ3) is 4.72. The van der Waals surface area contributed by atoms with Crippen LogP contribution in [0.2, 0.25) is 5.02 Å². The highest BCUT2D eigenvalue weighted by molar-refractivity contribution is 7.88. The normalized spacial score (nSPS) is 17.0. The number of phenolic OH excluding ortho intramolecular Hbond substituents is 1. The third-order valence-corrected chi connectivity index (χ3v) is 8.07. The van der Waals surface area contributed by atoms with Gasteiger partial charge in [0.1, 0.15) is 16.5 Å². The van der Waals surface area contributed by atoms with E-state index in [9.17, 15) is 22.3 Å². The molecule has 3 heterocycles. The van der Waals surface area contributed by atoms with E-state index in [2.05, 4.69) is 15.1 Å². The van der Waals surface area contributed by atoms with Crippen molar-refractivity contribution in [1.29, 1.82) is 0 Å². The molecule has 194 valence electrons. The van der Waals surface area contributed by atoms with Gasteiger partial charge in [-0.05, 0) is 18.1 Å². The van der Waals surface area contributed by atoms with Crippen LogP contribution in [-0.2, 0) is 23.5 Å². The number of hydrogen-bond donors (Lipinski definition) is 1. The molecular weight excluding hydrogens is 526 g/mol. The summed E-state index contributed by atoms with van der Waals surface area (Å²) in [6.07, 6.45) is 3.23. The van der Waals surface area contributed by atoms with Crippen LogP contribution in [0.5, 0.6) is 5.75 Å². The van der Waals surface area contributed by atoms with E-state index in [1.54, 1.807) is 7.05 Å². The van der Waals surface area contributed by atoms with E-state index >= 15 is 0 Å². The molecule has 1 fully saturated rings. The lowest BCUT2D eigenvalue weighted by Gasteiger charge is -2.40. The first-order valence-corrected chi connectivity index (χ1v) is 13.6. The van der Waals surface area contributed by atoms with Crippen LogP contribution in [0.1, 0.15) is 5.56 Å². The van der Waals surface area contributed by atoms with Crippen molar-refractivity contribution in [3.05, 3.63) is 64.8 Å². The minimum absolute atomic E-state index is 0.0511. The quantitative estimate of drug-likeness (QED) is 0.381. The monoisotopic (exact) mass is 548 g/mol. The number of piperazine rings is 1. The van der Waals surface area contributed by atoms with Crippen LogP contribution >= 0.6 is 11.6 Å². The van der Waals surface area contributed by atoms with Gasteiger partial charge in [-0.1, -0.05) is 41.9 Å². The Morgan fingerprint density at radius 3 is 2.62 bits per heavy atom. The van der Waals surface area contributed by atoms with Crippen molar-refractivity contribution in [3.63, 3.8) is 0 Å². The first-order chi connectivity index (χ1) is 17.5. The lowest BCUT2D eigenvalue weighted by atomic mass is 10.0. The number of halogens is 3. The zero-order valence-corrected chi connectivity index (χ0v) is 21.5. The summed E-state index contributed by atoms with van der Waals surface area (Å²) in [5, 5.41) is 13.8. The maximum absolute atomic E-state index is 14.8. The fraction of sp³-hybridized carbons (Fsp3) is 0.292. The van der Waals surface area contributed by atoms with Gasteiger partial charge in [0.15, 0.2) is 17.2 Å². The minimum atomic E-state index is -3.38. The summed E-state index contributed by atoms with van der Waals surface area (Å²) in [6, 6.07) is 10.3. The van der Waals surface area contributed by atoms with Crippen molar-refractivity contribution >= 4 is 38.6 Å². The van der Waals surface area contributed by atoms with E-state index in [-0.39, 0.29) is 30.4 Å². The average molecular weight is 549 g/mol.